The third-order valence-electron chi connectivity index (χ3n) is 3.60. The molecule has 2 heteroatoms. The quantitative estimate of drug-likeness (QED) is 0.664. The summed E-state index contributed by atoms with van der Waals surface area (Å²) in [6.45, 7) is 4.32. The van der Waals surface area contributed by atoms with E-state index in [0.717, 1.165) is 0 Å². The van der Waals surface area contributed by atoms with Gasteiger partial charge in [0.2, 0.25) is 0 Å². The number of aryl methyl sites for hydroxylation is 1. The summed E-state index contributed by atoms with van der Waals surface area (Å²) in [5, 5.41) is 0. The molecule has 3 atom stereocenters. The molecule has 1 aromatic rings. The highest BCUT2D eigenvalue weighted by Crippen LogP contribution is 2.43. The Morgan fingerprint density at radius 2 is 2.07 bits per heavy atom. The van der Waals surface area contributed by atoms with Crippen LogP contribution in [0.3, 0.4) is 0 Å². The van der Waals surface area contributed by atoms with E-state index in [4.69, 9.17) is 0 Å². The van der Waals surface area contributed by atoms with Gasteiger partial charge in [-0.1, -0.05) is 28.9 Å². The van der Waals surface area contributed by atoms with Crippen LogP contribution in [0.25, 0.3) is 0 Å². The molecule has 1 fully saturated rings. The predicted octanol–water partition coefficient (Wildman–Crippen LogP) is 4.41. The zero-order chi connectivity index (χ0) is 11.0. The van der Waals surface area contributed by atoms with Crippen molar-refractivity contribution in [2.75, 3.05) is 0 Å². The summed E-state index contributed by atoms with van der Waals surface area (Å²) in [6.07, 6.45) is 2.36. The van der Waals surface area contributed by atoms with E-state index >= 15 is 0 Å². The monoisotopic (exact) mass is 270 g/mol. The van der Waals surface area contributed by atoms with Gasteiger partial charge in [0.15, 0.2) is 0 Å². The van der Waals surface area contributed by atoms with Crippen molar-refractivity contribution in [2.24, 2.45) is 5.92 Å². The molecule has 0 aliphatic heterocycles. The van der Waals surface area contributed by atoms with Gasteiger partial charge in [0.25, 0.3) is 0 Å². The molecule has 1 aliphatic rings. The van der Waals surface area contributed by atoms with Crippen LogP contribution in [0.5, 0.6) is 0 Å². The predicted molar refractivity (Wildman–Crippen MR) is 65.0 cm³/mol. The third kappa shape index (κ3) is 2.10. The first-order valence-electron chi connectivity index (χ1n) is 5.49. The van der Waals surface area contributed by atoms with Gasteiger partial charge in [-0.25, -0.2) is 4.39 Å². The second kappa shape index (κ2) is 4.25. The molecule has 0 saturated heterocycles. The average molecular weight is 271 g/mol. The maximum absolute atomic E-state index is 13.2. The van der Waals surface area contributed by atoms with Crippen molar-refractivity contribution < 1.29 is 4.39 Å². The molecule has 0 N–H and O–H groups in total. The van der Waals surface area contributed by atoms with E-state index in [2.05, 4.69) is 29.8 Å². The van der Waals surface area contributed by atoms with Gasteiger partial charge in [-0.15, -0.1) is 0 Å². The Balaban J connectivity index is 2.33. The summed E-state index contributed by atoms with van der Waals surface area (Å²) < 4.78 is 13.2. The fraction of sp³-hybridized carbons (Fsp3) is 0.538. The Morgan fingerprint density at radius 3 is 2.67 bits per heavy atom. The van der Waals surface area contributed by atoms with Crippen LogP contribution in [0.4, 0.5) is 4.39 Å². The van der Waals surface area contributed by atoms with E-state index in [-0.39, 0.29) is 5.82 Å². The van der Waals surface area contributed by atoms with E-state index in [1.165, 1.54) is 24.0 Å². The van der Waals surface area contributed by atoms with Crippen LogP contribution in [0.1, 0.15) is 36.8 Å². The van der Waals surface area contributed by atoms with Crippen LogP contribution in [-0.4, -0.2) is 4.83 Å². The van der Waals surface area contributed by atoms with Crippen LogP contribution in [0, 0.1) is 18.7 Å². The standard InChI is InChI=1S/C13H16BrF/c1-8-3-4-10(15)7-12(8)11-5-6-13(14)9(11)2/h3-4,7,9,11,13H,5-6H2,1-2H3. The van der Waals surface area contributed by atoms with Gasteiger partial charge < -0.3 is 0 Å². The van der Waals surface area contributed by atoms with Crippen LogP contribution in [0.15, 0.2) is 18.2 Å². The molecule has 3 unspecified atom stereocenters. The zero-order valence-electron chi connectivity index (χ0n) is 9.13. The van der Waals surface area contributed by atoms with E-state index in [1.807, 2.05) is 6.07 Å². The smallest absolute Gasteiger partial charge is 0.123 e. The summed E-state index contributed by atoms with van der Waals surface area (Å²) in [5.41, 5.74) is 2.42. The Morgan fingerprint density at radius 1 is 1.33 bits per heavy atom. The van der Waals surface area contributed by atoms with Crippen LogP contribution >= 0.6 is 15.9 Å². The van der Waals surface area contributed by atoms with E-state index in [0.29, 0.717) is 16.7 Å². The van der Waals surface area contributed by atoms with Gasteiger partial charge >= 0.3 is 0 Å². The summed E-state index contributed by atoms with van der Waals surface area (Å²) in [4.78, 5) is 0.588. The summed E-state index contributed by atoms with van der Waals surface area (Å²) in [5.74, 6) is 1.01. The minimum absolute atomic E-state index is 0.110. The van der Waals surface area contributed by atoms with E-state index in [1.54, 1.807) is 12.1 Å². The maximum atomic E-state index is 13.2. The molecule has 0 aromatic heterocycles. The van der Waals surface area contributed by atoms with Crippen molar-refractivity contribution in [3.63, 3.8) is 0 Å². The number of hydrogen-bond donors (Lipinski definition) is 0. The molecule has 0 spiro atoms. The zero-order valence-corrected chi connectivity index (χ0v) is 10.7. The number of alkyl halides is 1. The lowest BCUT2D eigenvalue weighted by Crippen LogP contribution is -2.10. The van der Waals surface area contributed by atoms with Crippen molar-refractivity contribution in [2.45, 2.75) is 37.4 Å². The minimum Gasteiger partial charge on any atom is -0.207 e. The SMILES string of the molecule is Cc1ccc(F)cc1C1CCC(Br)C1C. The molecule has 0 nitrogen and oxygen atoms in total. The topological polar surface area (TPSA) is 0 Å². The molecule has 0 heterocycles. The molecule has 1 saturated carbocycles. The first-order chi connectivity index (χ1) is 7.09. The average Bonchev–Trinajstić information content (AvgIpc) is 2.52. The largest absolute Gasteiger partial charge is 0.207 e. The Kier molecular flexibility index (Phi) is 3.15. The Labute approximate surface area is 99.0 Å². The minimum atomic E-state index is -0.110. The lowest BCUT2D eigenvalue weighted by molar-refractivity contribution is 0.536. The van der Waals surface area contributed by atoms with Crippen molar-refractivity contribution in [3.8, 4) is 0 Å². The third-order valence-corrected chi connectivity index (χ3v) is 4.89. The first-order valence-corrected chi connectivity index (χ1v) is 6.41. The molecular weight excluding hydrogens is 255 g/mol. The summed E-state index contributed by atoms with van der Waals surface area (Å²) >= 11 is 3.69. The first kappa shape index (κ1) is 11.1. The maximum Gasteiger partial charge on any atom is 0.123 e. The fourth-order valence-corrected chi connectivity index (χ4v) is 3.20. The van der Waals surface area contributed by atoms with Gasteiger partial charge in [-0.3, -0.25) is 0 Å². The fourth-order valence-electron chi connectivity index (χ4n) is 2.57. The van der Waals surface area contributed by atoms with Gasteiger partial charge in [-0.05, 0) is 54.9 Å². The molecule has 0 radical (unpaired) electrons. The van der Waals surface area contributed by atoms with Gasteiger partial charge in [0, 0.05) is 4.83 Å². The van der Waals surface area contributed by atoms with Crippen molar-refractivity contribution in [1.82, 2.24) is 0 Å². The number of rotatable bonds is 1. The van der Waals surface area contributed by atoms with Gasteiger partial charge in [0.1, 0.15) is 5.82 Å². The number of hydrogen-bond acceptors (Lipinski definition) is 0. The molecular formula is C13H16BrF. The molecule has 1 aliphatic carbocycles. The highest BCUT2D eigenvalue weighted by atomic mass is 79.9. The molecule has 0 amide bonds. The molecule has 1 aromatic carbocycles. The molecule has 15 heavy (non-hydrogen) atoms. The normalized spacial score (nSPS) is 30.8. The highest BCUT2D eigenvalue weighted by molar-refractivity contribution is 9.09. The van der Waals surface area contributed by atoms with Crippen LogP contribution in [0.2, 0.25) is 0 Å². The van der Waals surface area contributed by atoms with Gasteiger partial charge in [-0.2, -0.15) is 0 Å². The van der Waals surface area contributed by atoms with Crippen molar-refractivity contribution in [1.29, 1.82) is 0 Å². The van der Waals surface area contributed by atoms with Gasteiger partial charge in [0.05, 0.1) is 0 Å². The summed E-state index contributed by atoms with van der Waals surface area (Å²) in [6, 6.07) is 5.14. The van der Waals surface area contributed by atoms with Crippen LogP contribution in [-0.2, 0) is 0 Å². The second-order valence-electron chi connectivity index (χ2n) is 4.56. The molecule has 0 bridgehead atoms. The Bertz CT molecular complexity index is 362. The molecule has 2 rings (SSSR count). The highest BCUT2D eigenvalue weighted by Gasteiger charge is 2.32. The van der Waals surface area contributed by atoms with E-state index < -0.39 is 0 Å². The number of halogens is 2. The summed E-state index contributed by atoms with van der Waals surface area (Å²) in [7, 11) is 0. The Hall–Kier alpha value is -0.370. The van der Waals surface area contributed by atoms with Crippen molar-refractivity contribution in [3.05, 3.63) is 35.1 Å². The second-order valence-corrected chi connectivity index (χ2v) is 5.74. The van der Waals surface area contributed by atoms with Crippen molar-refractivity contribution >= 4 is 15.9 Å². The number of benzene rings is 1. The lowest BCUT2D eigenvalue weighted by Gasteiger charge is -2.19. The van der Waals surface area contributed by atoms with Crippen LogP contribution < -0.4 is 0 Å². The molecule has 82 valence electrons. The lowest BCUT2D eigenvalue weighted by atomic mass is 9.87. The van der Waals surface area contributed by atoms with E-state index in [9.17, 15) is 4.39 Å².